The van der Waals surface area contributed by atoms with Gasteiger partial charge < -0.3 is 108 Å². The molecule has 4 aliphatic rings. The van der Waals surface area contributed by atoms with Gasteiger partial charge in [-0.2, -0.15) is 9.13 Å². The van der Waals surface area contributed by atoms with Crippen LogP contribution in [0.4, 0.5) is 19.9 Å². The quantitative estimate of drug-likeness (QED) is 0.00773. The average Bonchev–Trinajstić information content (AvgIpc) is 0.891. The van der Waals surface area contributed by atoms with E-state index in [1.54, 1.807) is 80.0 Å². The number of fused-ring (bicyclic) bond motifs is 4. The molecule has 10 heterocycles. The van der Waals surface area contributed by atoms with E-state index in [0.717, 1.165) is 62.7 Å². The fourth-order valence-electron chi connectivity index (χ4n) is 11.9. The van der Waals surface area contributed by atoms with Crippen LogP contribution in [0.2, 0.25) is 8.67 Å². The third kappa shape index (κ3) is 22.0. The average molecular weight is 1860 g/mol. The van der Waals surface area contributed by atoms with Crippen molar-refractivity contribution in [1.82, 2.24) is 49.8 Å². The van der Waals surface area contributed by atoms with Crippen LogP contribution in [0, 0.1) is 0 Å². The lowest BCUT2D eigenvalue weighted by Gasteiger charge is -2.50. The van der Waals surface area contributed by atoms with Crippen molar-refractivity contribution in [3.05, 3.63) is 134 Å². The van der Waals surface area contributed by atoms with Crippen LogP contribution >= 0.6 is 69.4 Å². The maximum Gasteiger partial charge on any atom is 0.413 e. The Morgan fingerprint density at radius 1 is 0.678 bits per heavy atom. The summed E-state index contributed by atoms with van der Waals surface area (Å²) in [7, 11) is 5.10. The number of aromatic nitrogens is 6. The molecule has 4 atom stereocenters. The summed E-state index contributed by atoms with van der Waals surface area (Å²) >= 11 is 17.1. The fourth-order valence-corrected chi connectivity index (χ4v) is 16.5. The summed E-state index contributed by atoms with van der Waals surface area (Å²) in [6, 6.07) is 16.2. The zero-order valence-electron chi connectivity index (χ0n) is 67.3. The van der Waals surface area contributed by atoms with E-state index in [9.17, 15) is 58.2 Å². The van der Waals surface area contributed by atoms with Gasteiger partial charge in [-0.05, 0) is 127 Å². The SMILES string of the molecule is CNCCn1ccc2c1ccc[n+]2CC1=C(C(=O)[O-])N2C(=O)C(NC(=O)/C(=N\OC(C)(C)C(=O)O)c3nc(N)sc3Cl)C2SC1.COc1ccc(COC(=O)C2=C(C[n+]3cccc4c3ccn4CCN(C)C(=O)OC(C)(C)C)CSC3C(NC(=O)/C(=N\OC(C)(C)C(=O)OC(C)(C)C)c4nc(NC(=O)OC(C)(C)C)sc4Cl)C(=O)N23)cc1.[I-]. The number of methoxy groups -OCH3 is 1. The van der Waals surface area contributed by atoms with Gasteiger partial charge in [0.15, 0.2) is 47.2 Å². The number of nitrogen functional groups attached to an aromatic ring is 1. The van der Waals surface area contributed by atoms with Crippen molar-refractivity contribution in [2.24, 2.45) is 10.3 Å². The number of thioether (sulfide) groups is 2. The minimum Gasteiger partial charge on any atom is -1.00 e. The standard InChI is InChI=1S/C49H61ClN8O12S2.C27H29ClN8O7S2.HI/c1-46(2,3)67-42(62)49(10,11)70-54-34(33-37(50)72-43(52-33)53-44(63)68-47(4,5)6)38(59)51-35-39(60)58-36(41(61)66-26-28-16-18-30(65-13)19-17-28)29(27-71-40(35)58)25-57-21-14-15-31-32(57)20-22-56(31)24-23-55(12)45(64)69-48(7,8)9;1-27(2,25(41)42)43-33-17(16-20(28)45-26(29)32-16)21(37)31-18-22(38)36-19(24(39)40)13(12-44-23(18)36)11-35-8-4-5-14-15(35)6-9-34(14)10-7-30-3;/h14-22,35,40H,23-27H2,1-13H3,(H-,51,52,53,59,63);4-6,8-9,18,23,30H,7,10-12H2,1-3H3,(H4-,29,31,32,37,39,40,41,42);1H/b54-34-;33-17-;. The van der Waals surface area contributed by atoms with E-state index < -0.39 is 122 Å². The topological polar surface area (TPSA) is 431 Å². The van der Waals surface area contributed by atoms with Gasteiger partial charge in [-0.1, -0.05) is 68.3 Å². The molecular formula is C76H91Cl2IN16O19S4. The van der Waals surface area contributed by atoms with Gasteiger partial charge in [-0.25, -0.2) is 33.9 Å². The number of likely N-dealkylation sites (N-methyl/N-ethyl adjacent to an activating group) is 2. The first-order chi connectivity index (χ1) is 54.9. The highest BCUT2D eigenvalue weighted by molar-refractivity contribution is 8.00. The molecule has 0 spiro atoms. The number of thiazole rings is 2. The molecule has 7 aromatic rings. The number of halogens is 3. The fraction of sp³-hybridized carbons (Fsp3) is 0.447. The van der Waals surface area contributed by atoms with Crippen LogP contribution < -0.4 is 70.0 Å². The normalized spacial score (nSPS) is 17.0. The monoisotopic (exact) mass is 1860 g/mol. The number of esters is 2. The summed E-state index contributed by atoms with van der Waals surface area (Å²) in [5, 5.41) is 38.8. The number of hydrogen-bond acceptors (Lipinski definition) is 28. The minimum atomic E-state index is -1.82. The number of carbonyl (C=O) groups excluding carboxylic acids is 9. The Morgan fingerprint density at radius 2 is 1.17 bits per heavy atom. The van der Waals surface area contributed by atoms with Crippen LogP contribution in [0.15, 0.2) is 118 Å². The van der Waals surface area contributed by atoms with Gasteiger partial charge in [0.25, 0.3) is 23.6 Å². The molecule has 1 aromatic carbocycles. The predicted molar refractivity (Wildman–Crippen MR) is 434 cm³/mol. The highest BCUT2D eigenvalue weighted by atomic mass is 127. The van der Waals surface area contributed by atoms with Gasteiger partial charge in [-0.15, -0.1) is 23.5 Å². The molecule has 4 aliphatic heterocycles. The van der Waals surface area contributed by atoms with Gasteiger partial charge in [-0.3, -0.25) is 34.3 Å². The van der Waals surface area contributed by atoms with Gasteiger partial charge in [0, 0.05) is 92.5 Å². The number of rotatable bonds is 28. The summed E-state index contributed by atoms with van der Waals surface area (Å²) < 4.78 is 35.4. The van der Waals surface area contributed by atoms with Crippen LogP contribution in [-0.2, 0) is 99.8 Å². The third-order valence-corrected chi connectivity index (χ3v) is 22.7. The maximum atomic E-state index is 14.4. The molecule has 42 heteroatoms. The number of nitrogens with zero attached hydrogens (tertiary/aromatic N) is 11. The second-order valence-corrected chi connectivity index (χ2v) is 36.5. The van der Waals surface area contributed by atoms with E-state index in [1.165, 1.54) is 61.0 Å². The summed E-state index contributed by atoms with van der Waals surface area (Å²) in [5.41, 5.74) is 3.49. The van der Waals surface area contributed by atoms with Crippen LogP contribution in [0.25, 0.3) is 22.1 Å². The molecule has 4 unspecified atom stereocenters. The minimum absolute atomic E-state index is 0. The number of pyridine rings is 2. The largest absolute Gasteiger partial charge is 1.00 e. The lowest BCUT2D eigenvalue weighted by atomic mass is 10.0. The van der Waals surface area contributed by atoms with Gasteiger partial charge in [0.2, 0.25) is 22.2 Å². The number of aliphatic carboxylic acids is 2. The van der Waals surface area contributed by atoms with Crippen molar-refractivity contribution in [2.45, 2.75) is 174 Å². The first kappa shape index (κ1) is 92.0. The molecule has 6 aromatic heterocycles. The van der Waals surface area contributed by atoms with E-state index in [4.69, 9.17) is 62.3 Å². The van der Waals surface area contributed by atoms with E-state index >= 15 is 0 Å². The molecule has 2 fully saturated rings. The Morgan fingerprint density at radius 3 is 1.65 bits per heavy atom. The summed E-state index contributed by atoms with van der Waals surface area (Å²) in [4.78, 5) is 155. The number of carbonyl (C=O) groups is 10. The number of carboxylic acids is 2. The van der Waals surface area contributed by atoms with Crippen LogP contribution in [0.5, 0.6) is 5.75 Å². The smallest absolute Gasteiger partial charge is 0.413 e. The van der Waals surface area contributed by atoms with Crippen molar-refractivity contribution in [1.29, 1.82) is 0 Å². The van der Waals surface area contributed by atoms with Crippen molar-refractivity contribution in [3.8, 4) is 5.75 Å². The summed E-state index contributed by atoms with van der Waals surface area (Å²) in [6.45, 7) is 23.4. The Hall–Kier alpha value is -9.85. The van der Waals surface area contributed by atoms with E-state index in [0.29, 0.717) is 35.5 Å². The molecule has 2 saturated heterocycles. The van der Waals surface area contributed by atoms with Gasteiger partial charge >= 0.3 is 30.1 Å². The number of oxime groups is 2. The molecule has 0 radical (unpaired) electrons. The summed E-state index contributed by atoms with van der Waals surface area (Å²) in [6.07, 6.45) is 6.32. The lowest BCUT2D eigenvalue weighted by molar-refractivity contribution is -0.663. The number of carboxylic acid groups (broad SMARTS) is 2. The molecular weight excluding hydrogens is 1770 g/mol. The van der Waals surface area contributed by atoms with Gasteiger partial charge in [0.05, 0.1) is 18.8 Å². The molecule has 6 amide bonds. The molecule has 118 heavy (non-hydrogen) atoms. The van der Waals surface area contributed by atoms with Crippen LogP contribution in [0.1, 0.15) is 107 Å². The van der Waals surface area contributed by atoms with E-state index in [1.807, 2.05) is 103 Å². The third-order valence-electron chi connectivity index (χ3n) is 17.7. The van der Waals surface area contributed by atoms with Crippen molar-refractivity contribution in [3.63, 3.8) is 0 Å². The maximum absolute atomic E-state index is 14.4. The Bertz CT molecular complexity index is 5180. The predicted octanol–water partition coefficient (Wildman–Crippen LogP) is 3.73. The second kappa shape index (κ2) is 37.6. The number of ether oxygens (including phenoxy) is 5. The number of anilines is 2. The van der Waals surface area contributed by atoms with Gasteiger partial charge in [0.1, 0.15) is 88.8 Å². The van der Waals surface area contributed by atoms with E-state index in [2.05, 4.69) is 46.1 Å². The van der Waals surface area contributed by atoms with Crippen molar-refractivity contribution >= 4 is 173 Å². The first-order valence-corrected chi connectivity index (χ1v) is 40.9. The van der Waals surface area contributed by atoms with Crippen molar-refractivity contribution in [2.75, 3.05) is 56.9 Å². The molecule has 0 bridgehead atoms. The van der Waals surface area contributed by atoms with Crippen LogP contribution in [0.3, 0.4) is 0 Å². The number of nitrogens with two attached hydrogens (primary N) is 1. The molecule has 7 N–H and O–H groups in total. The zero-order valence-corrected chi connectivity index (χ0v) is 74.3. The molecule has 35 nitrogen and oxygen atoms in total. The Balaban J connectivity index is 0.000000295. The van der Waals surface area contributed by atoms with E-state index in [-0.39, 0.29) is 96.9 Å². The Labute approximate surface area is 722 Å². The number of hydrogen-bond donors (Lipinski definition) is 6. The van der Waals surface area contributed by atoms with Crippen LogP contribution in [-0.4, -0.2) is 207 Å². The Kier molecular flexibility index (Phi) is 29.3. The number of amides is 6. The zero-order chi connectivity index (χ0) is 85.7. The molecule has 0 saturated carbocycles. The summed E-state index contributed by atoms with van der Waals surface area (Å²) in [5.74, 6) is -6.48. The second-order valence-electron chi connectivity index (χ2n) is 31.0. The number of benzene rings is 1. The molecule has 0 aliphatic carbocycles. The highest BCUT2D eigenvalue weighted by Gasteiger charge is 2.57. The molecule has 634 valence electrons. The number of β-lactam (4-membered cyclic amide) rings is 2. The van der Waals surface area contributed by atoms with Crippen molar-refractivity contribution < 1.29 is 125 Å². The lowest BCUT2D eigenvalue weighted by Crippen LogP contribution is -3.00. The molecule has 11 rings (SSSR count). The first-order valence-electron chi connectivity index (χ1n) is 36.5. The highest BCUT2D eigenvalue weighted by Crippen LogP contribution is 2.43. The number of nitrogens with one attached hydrogen (secondary N) is 4.